The predicted octanol–water partition coefficient (Wildman–Crippen LogP) is 4.15. The summed E-state index contributed by atoms with van der Waals surface area (Å²) in [6.45, 7) is 5.98. The van der Waals surface area contributed by atoms with E-state index in [0.29, 0.717) is 13.0 Å². The molecule has 1 amide bonds. The number of nitrogens with zero attached hydrogens (tertiary/aromatic N) is 5. The van der Waals surface area contributed by atoms with Crippen LogP contribution in [0.15, 0.2) is 40.8 Å². The molecule has 4 heterocycles. The van der Waals surface area contributed by atoms with Crippen LogP contribution in [0.25, 0.3) is 11.3 Å². The topological polar surface area (TPSA) is 77.1 Å². The molecule has 6 rings (SSSR count). The van der Waals surface area contributed by atoms with Gasteiger partial charge in [-0.15, -0.1) is 11.3 Å². The molecule has 1 aliphatic carbocycles. The Morgan fingerprint density at radius 3 is 2.95 bits per heavy atom. The molecule has 2 aliphatic heterocycles. The molecule has 37 heavy (non-hydrogen) atoms. The molecular weight excluding hydrogens is 484 g/mol. The number of amides is 1. The Bertz CT molecular complexity index is 1270. The number of piperazine rings is 1. The Morgan fingerprint density at radius 2 is 2.11 bits per heavy atom. The second-order valence-corrected chi connectivity index (χ2v) is 11.0. The zero-order valence-corrected chi connectivity index (χ0v) is 22.2. The van der Waals surface area contributed by atoms with Crippen LogP contribution in [0.3, 0.4) is 0 Å². The summed E-state index contributed by atoms with van der Waals surface area (Å²) in [5.74, 6) is 1.85. The third kappa shape index (κ3) is 5.63. The number of anilines is 1. The molecule has 3 aliphatic rings. The minimum Gasteiger partial charge on any atom is -0.492 e. The van der Waals surface area contributed by atoms with E-state index < -0.39 is 0 Å². The summed E-state index contributed by atoms with van der Waals surface area (Å²) in [6, 6.07) is 8.22. The molecule has 0 spiro atoms. The summed E-state index contributed by atoms with van der Waals surface area (Å²) in [5.41, 5.74) is 4.21. The Morgan fingerprint density at radius 1 is 1.24 bits per heavy atom. The van der Waals surface area contributed by atoms with Gasteiger partial charge in [0.1, 0.15) is 18.2 Å². The first-order valence-corrected chi connectivity index (χ1v) is 14.2. The van der Waals surface area contributed by atoms with Crippen molar-refractivity contribution in [1.29, 1.82) is 0 Å². The van der Waals surface area contributed by atoms with E-state index in [1.165, 1.54) is 5.56 Å². The van der Waals surface area contributed by atoms with Crippen molar-refractivity contribution >= 4 is 34.4 Å². The number of aliphatic imine (C=N–C) groups is 1. The number of rotatable bonds is 9. The van der Waals surface area contributed by atoms with E-state index in [9.17, 15) is 4.79 Å². The average molecular weight is 519 g/mol. The van der Waals surface area contributed by atoms with Crippen molar-refractivity contribution in [3.63, 3.8) is 0 Å². The van der Waals surface area contributed by atoms with Gasteiger partial charge in [0.05, 0.1) is 12.1 Å². The van der Waals surface area contributed by atoms with Gasteiger partial charge in [-0.25, -0.2) is 9.98 Å². The molecule has 1 saturated heterocycles. The monoisotopic (exact) mass is 518 g/mol. The van der Waals surface area contributed by atoms with Gasteiger partial charge in [-0.3, -0.25) is 14.6 Å². The van der Waals surface area contributed by atoms with E-state index in [1.807, 2.05) is 41.6 Å². The lowest BCUT2D eigenvalue weighted by Gasteiger charge is -2.32. The maximum Gasteiger partial charge on any atom is 0.233 e. The van der Waals surface area contributed by atoms with E-state index in [1.54, 1.807) is 11.3 Å². The summed E-state index contributed by atoms with van der Waals surface area (Å²) >= 11 is 1.55. The molecule has 0 unspecified atom stereocenters. The number of hydrogen-bond acceptors (Lipinski definition) is 7. The van der Waals surface area contributed by atoms with E-state index >= 15 is 0 Å². The first-order valence-electron chi connectivity index (χ1n) is 13.3. The number of fused-ring (bicyclic) bond motifs is 1. The Kier molecular flexibility index (Phi) is 7.08. The normalized spacial score (nSPS) is 18.1. The fraction of sp³-hybridized carbons (Fsp3) is 0.464. The lowest BCUT2D eigenvalue weighted by Crippen LogP contribution is -2.45. The van der Waals surface area contributed by atoms with Crippen LogP contribution in [-0.4, -0.2) is 84.3 Å². The summed E-state index contributed by atoms with van der Waals surface area (Å²) in [4.78, 5) is 32.9. The number of aromatic amines is 1. The van der Waals surface area contributed by atoms with Crippen LogP contribution in [0.5, 0.6) is 5.75 Å². The van der Waals surface area contributed by atoms with Crippen LogP contribution in [0.4, 0.5) is 10.9 Å². The molecule has 1 aromatic carbocycles. The Hall–Kier alpha value is -3.01. The quantitative estimate of drug-likeness (QED) is 0.461. The molecule has 2 fully saturated rings. The van der Waals surface area contributed by atoms with Gasteiger partial charge in [0.15, 0.2) is 5.13 Å². The van der Waals surface area contributed by atoms with Crippen LogP contribution in [0, 0.1) is 0 Å². The molecule has 1 N–H and O–H groups in total. The van der Waals surface area contributed by atoms with Crippen molar-refractivity contribution in [2.24, 2.45) is 4.99 Å². The predicted molar refractivity (Wildman–Crippen MR) is 148 cm³/mol. The number of likely N-dealkylation sites (N-methyl/N-ethyl adjacent to an activating group) is 1. The molecule has 9 heteroatoms. The molecule has 2 aromatic heterocycles. The number of carbonyl (C=O) groups excluding carboxylic acids is 1. The molecule has 194 valence electrons. The van der Waals surface area contributed by atoms with Crippen LogP contribution in [-0.2, 0) is 17.6 Å². The average Bonchev–Trinajstić information content (AvgIpc) is 3.45. The van der Waals surface area contributed by atoms with Crippen molar-refractivity contribution < 1.29 is 9.53 Å². The lowest BCUT2D eigenvalue weighted by atomic mass is 10.0. The number of nitrogens with one attached hydrogen (secondary N) is 1. The Balaban J connectivity index is 1.10. The van der Waals surface area contributed by atoms with Gasteiger partial charge in [0, 0.05) is 67.7 Å². The third-order valence-electron chi connectivity index (χ3n) is 7.39. The number of benzene rings is 1. The molecule has 0 bridgehead atoms. The number of thiazole rings is 1. The summed E-state index contributed by atoms with van der Waals surface area (Å²) in [5, 5.41) is 2.85. The number of H-pyrrole nitrogens is 1. The van der Waals surface area contributed by atoms with Crippen LogP contribution < -0.4 is 9.64 Å². The van der Waals surface area contributed by atoms with Crippen molar-refractivity contribution in [1.82, 2.24) is 19.8 Å². The largest absolute Gasteiger partial charge is 0.492 e. The van der Waals surface area contributed by atoms with E-state index in [4.69, 9.17) is 9.72 Å². The summed E-state index contributed by atoms with van der Waals surface area (Å²) < 4.78 is 6.05. The van der Waals surface area contributed by atoms with Crippen molar-refractivity contribution in [2.75, 3.05) is 51.3 Å². The first-order chi connectivity index (χ1) is 18.1. The molecular formula is C28H34N6O2S. The highest BCUT2D eigenvalue weighted by atomic mass is 32.1. The van der Waals surface area contributed by atoms with E-state index in [0.717, 1.165) is 91.9 Å². The molecule has 0 radical (unpaired) electrons. The SMILES string of the molecule is CN1CCN(CCOc2cccc(CC(=O)N(c3nc(-c4c[nH]c5c4CCC=N5)cs3)C3CC3)c2)CC1. The van der Waals surface area contributed by atoms with Gasteiger partial charge in [-0.2, -0.15) is 0 Å². The van der Waals surface area contributed by atoms with E-state index in [2.05, 4.69) is 32.2 Å². The maximum absolute atomic E-state index is 13.5. The highest BCUT2D eigenvalue weighted by molar-refractivity contribution is 7.14. The fourth-order valence-electron chi connectivity index (χ4n) is 5.07. The van der Waals surface area contributed by atoms with Crippen LogP contribution >= 0.6 is 11.3 Å². The van der Waals surface area contributed by atoms with Gasteiger partial charge in [-0.05, 0) is 50.4 Å². The lowest BCUT2D eigenvalue weighted by molar-refractivity contribution is -0.118. The zero-order valence-electron chi connectivity index (χ0n) is 21.4. The van der Waals surface area contributed by atoms with Gasteiger partial charge in [0.2, 0.25) is 5.91 Å². The molecule has 3 aromatic rings. The second kappa shape index (κ2) is 10.8. The smallest absolute Gasteiger partial charge is 0.233 e. The fourth-order valence-corrected chi connectivity index (χ4v) is 5.98. The minimum atomic E-state index is 0.0960. The summed E-state index contributed by atoms with van der Waals surface area (Å²) in [6.07, 6.45) is 8.26. The van der Waals surface area contributed by atoms with Crippen molar-refractivity contribution in [3.8, 4) is 17.0 Å². The highest BCUT2D eigenvalue weighted by Crippen LogP contribution is 2.39. The number of ether oxygens (including phenoxy) is 1. The molecule has 8 nitrogen and oxygen atoms in total. The zero-order chi connectivity index (χ0) is 25.2. The van der Waals surface area contributed by atoms with Gasteiger partial charge in [0.25, 0.3) is 0 Å². The van der Waals surface area contributed by atoms with Gasteiger partial charge >= 0.3 is 0 Å². The third-order valence-corrected chi connectivity index (χ3v) is 8.23. The maximum atomic E-state index is 13.5. The van der Waals surface area contributed by atoms with Crippen molar-refractivity contribution in [3.05, 3.63) is 47.0 Å². The van der Waals surface area contributed by atoms with Crippen LogP contribution in [0.2, 0.25) is 0 Å². The highest BCUT2D eigenvalue weighted by Gasteiger charge is 2.35. The van der Waals surface area contributed by atoms with Gasteiger partial charge < -0.3 is 14.6 Å². The number of hydrogen-bond donors (Lipinski definition) is 1. The Labute approximate surface area is 222 Å². The minimum absolute atomic E-state index is 0.0960. The van der Waals surface area contributed by atoms with Gasteiger partial charge in [-0.1, -0.05) is 12.1 Å². The van der Waals surface area contributed by atoms with E-state index in [-0.39, 0.29) is 11.9 Å². The second-order valence-electron chi connectivity index (χ2n) is 10.2. The van der Waals surface area contributed by atoms with Crippen LogP contribution in [0.1, 0.15) is 30.4 Å². The number of aromatic nitrogens is 2. The summed E-state index contributed by atoms with van der Waals surface area (Å²) in [7, 11) is 2.17. The standard InChI is InChI=1S/C28H34N6O2S/c1-32-10-12-33(13-11-32)14-15-36-22-5-2-4-20(16-22)17-26(35)34(21-7-8-21)28-31-25(19-37-28)24-18-30-27-23(24)6-3-9-29-27/h2,4-5,9,16,18-19,21,30H,3,6-8,10-15,17H2,1H3. The first kappa shape index (κ1) is 24.3. The number of carbonyl (C=O) groups is 1. The molecule has 0 atom stereocenters. The molecule has 1 saturated carbocycles. The van der Waals surface area contributed by atoms with Crippen molar-refractivity contribution in [2.45, 2.75) is 38.1 Å².